The van der Waals surface area contributed by atoms with Crippen LogP contribution in [-0.2, 0) is 19.0 Å². The molecular weight excluding hydrogens is 522 g/mol. The largest absolute Gasteiger partial charge is 0.458 e. The molecule has 33 heavy (non-hydrogen) atoms. The number of halogens is 2. The predicted molar refractivity (Wildman–Crippen MR) is 125 cm³/mol. The van der Waals surface area contributed by atoms with E-state index in [4.69, 9.17) is 25.8 Å². The van der Waals surface area contributed by atoms with E-state index in [9.17, 15) is 19.2 Å². The average molecular weight is 551 g/mol. The highest BCUT2D eigenvalue weighted by Gasteiger charge is 2.43. The third kappa shape index (κ3) is 7.18. The summed E-state index contributed by atoms with van der Waals surface area (Å²) in [5, 5.41) is 1.82. The molecule has 184 valence electrons. The van der Waals surface area contributed by atoms with Gasteiger partial charge in [-0.05, 0) is 28.3 Å². The first-order chi connectivity index (χ1) is 15.6. The maximum Gasteiger partial charge on any atom is 0.407 e. The minimum Gasteiger partial charge on any atom is -0.458 e. The molecule has 1 aliphatic heterocycles. The van der Waals surface area contributed by atoms with Gasteiger partial charge in [-0.3, -0.25) is 14.3 Å². The fraction of sp³-hybridized carbons (Fsp3) is 0.619. The number of carbonyl (C=O) groups is 2. The van der Waals surface area contributed by atoms with Crippen LogP contribution in [0.5, 0.6) is 0 Å². The van der Waals surface area contributed by atoms with E-state index in [1.165, 1.54) is 16.8 Å². The van der Waals surface area contributed by atoms with Crippen molar-refractivity contribution in [2.45, 2.75) is 69.9 Å². The quantitative estimate of drug-likeness (QED) is 0.198. The minimum atomic E-state index is -0.957. The summed E-state index contributed by atoms with van der Waals surface area (Å²) >= 11 is 9.40. The molecule has 2 heterocycles. The highest BCUT2D eigenvalue weighted by molar-refractivity contribution is 9.10. The molecule has 0 saturated carbocycles. The smallest absolute Gasteiger partial charge is 0.407 e. The molecule has 0 radical (unpaired) electrons. The van der Waals surface area contributed by atoms with Gasteiger partial charge in [-0.2, -0.15) is 0 Å². The summed E-state index contributed by atoms with van der Waals surface area (Å²) < 4.78 is 18.0. The molecule has 1 fully saturated rings. The van der Waals surface area contributed by atoms with Crippen molar-refractivity contribution in [1.82, 2.24) is 14.9 Å². The Morgan fingerprint density at radius 3 is 2.76 bits per heavy atom. The number of hydrogen-bond donors (Lipinski definition) is 2. The lowest BCUT2D eigenvalue weighted by Gasteiger charge is -2.25. The molecule has 10 nitrogen and oxygen atoms in total. The molecule has 12 heteroatoms. The monoisotopic (exact) mass is 549 g/mol. The maximum absolute atomic E-state index is 12.9. The van der Waals surface area contributed by atoms with Crippen LogP contribution < -0.4 is 16.6 Å². The molecule has 1 amide bonds. The summed E-state index contributed by atoms with van der Waals surface area (Å²) in [5.74, 6) is -0.962. The van der Waals surface area contributed by atoms with Gasteiger partial charge in [0, 0.05) is 12.6 Å². The number of hydrogen-bond acceptors (Lipinski definition) is 7. The number of rotatable bonds is 10. The lowest BCUT2D eigenvalue weighted by atomic mass is 10.0. The van der Waals surface area contributed by atoms with Crippen molar-refractivity contribution in [3.8, 4) is 0 Å². The highest BCUT2D eigenvalue weighted by Crippen LogP contribution is 2.34. The van der Waals surface area contributed by atoms with Gasteiger partial charge in [-0.1, -0.05) is 33.3 Å². The van der Waals surface area contributed by atoms with Crippen molar-refractivity contribution in [2.24, 2.45) is 5.92 Å². The number of nitrogens with zero attached hydrogens (tertiary/aromatic N) is 1. The molecule has 0 aromatic carbocycles. The van der Waals surface area contributed by atoms with E-state index in [1.54, 1.807) is 13.8 Å². The topological polar surface area (TPSA) is 129 Å². The zero-order chi connectivity index (χ0) is 24.7. The van der Waals surface area contributed by atoms with Gasteiger partial charge < -0.3 is 19.5 Å². The van der Waals surface area contributed by atoms with Crippen LogP contribution in [0.2, 0.25) is 0 Å². The molecule has 5 atom stereocenters. The van der Waals surface area contributed by atoms with Gasteiger partial charge in [0.2, 0.25) is 0 Å². The van der Waals surface area contributed by atoms with Crippen molar-refractivity contribution in [1.29, 1.82) is 0 Å². The Morgan fingerprint density at radius 2 is 2.15 bits per heavy atom. The molecule has 2 rings (SSSR count). The molecule has 1 unspecified atom stereocenters. The molecule has 0 spiro atoms. The predicted octanol–water partition coefficient (Wildman–Crippen LogP) is 2.84. The maximum atomic E-state index is 12.9. The van der Waals surface area contributed by atoms with Gasteiger partial charge in [0.05, 0.1) is 16.5 Å². The van der Waals surface area contributed by atoms with E-state index in [2.05, 4.69) is 32.8 Å². The molecule has 0 bridgehead atoms. The second-order valence-corrected chi connectivity index (χ2v) is 9.30. The zero-order valence-corrected chi connectivity index (χ0v) is 21.1. The van der Waals surface area contributed by atoms with Crippen molar-refractivity contribution in [3.63, 3.8) is 0 Å². The fourth-order valence-corrected chi connectivity index (χ4v) is 3.78. The lowest BCUT2D eigenvalue weighted by Crippen LogP contribution is -2.47. The van der Waals surface area contributed by atoms with E-state index in [1.807, 2.05) is 6.92 Å². The van der Waals surface area contributed by atoms with Crippen LogP contribution in [0.15, 0.2) is 32.9 Å². The zero-order valence-electron chi connectivity index (χ0n) is 18.7. The summed E-state index contributed by atoms with van der Waals surface area (Å²) in [6.45, 7) is 9.38. The van der Waals surface area contributed by atoms with E-state index < -0.39 is 53.2 Å². The Kier molecular flexibility index (Phi) is 10.2. The van der Waals surface area contributed by atoms with E-state index in [0.29, 0.717) is 6.42 Å². The number of carbonyl (C=O) groups excluding carboxylic acids is 2. The van der Waals surface area contributed by atoms with Crippen molar-refractivity contribution in [2.75, 3.05) is 6.61 Å². The van der Waals surface area contributed by atoms with Crippen molar-refractivity contribution in [3.05, 3.63) is 44.2 Å². The average Bonchev–Trinajstić information content (AvgIpc) is 3.17. The second kappa shape index (κ2) is 12.4. The molecule has 0 aliphatic carbocycles. The number of nitrogens with one attached hydrogen (secondary N) is 2. The number of H-pyrrole nitrogens is 1. The number of aromatic amines is 1. The Labute approximate surface area is 204 Å². The SMILES string of the molecule is C=CC(Cl)[C@H]1O[C@@H](n2cc(Br)c(=O)[nH]c2=O)C[C@@H]1OC(=O)[C@@H](NC(=O)OCCCC)C(C)C. The van der Waals surface area contributed by atoms with Gasteiger partial charge in [-0.15, -0.1) is 18.2 Å². The van der Waals surface area contributed by atoms with Gasteiger partial charge >= 0.3 is 17.8 Å². The summed E-state index contributed by atoms with van der Waals surface area (Å²) in [6, 6.07) is -0.957. The number of unbranched alkanes of at least 4 members (excludes halogenated alkanes) is 1. The first kappa shape index (κ1) is 27.1. The summed E-state index contributed by atoms with van der Waals surface area (Å²) in [5.41, 5.74) is -1.26. The fourth-order valence-electron chi connectivity index (χ4n) is 3.24. The Bertz CT molecular complexity index is 964. The Balaban J connectivity index is 2.18. The number of esters is 1. The van der Waals surface area contributed by atoms with Crippen molar-refractivity contribution >= 4 is 39.6 Å². The normalized spacial score (nSPS) is 21.9. The first-order valence-corrected chi connectivity index (χ1v) is 11.9. The molecule has 1 saturated heterocycles. The van der Waals surface area contributed by atoms with Crippen LogP contribution in [0.25, 0.3) is 0 Å². The van der Waals surface area contributed by atoms with Gasteiger partial charge in [-0.25, -0.2) is 14.4 Å². The third-order valence-corrected chi connectivity index (χ3v) is 6.07. The minimum absolute atomic E-state index is 0.0949. The Hall–Kier alpha value is -2.11. The molecule has 1 aromatic rings. The van der Waals surface area contributed by atoms with Gasteiger partial charge in [0.25, 0.3) is 5.56 Å². The van der Waals surface area contributed by atoms with E-state index in [-0.39, 0.29) is 23.4 Å². The number of alkyl carbamates (subject to hydrolysis) is 1. The third-order valence-electron chi connectivity index (χ3n) is 5.08. The molecule has 1 aliphatic rings. The van der Waals surface area contributed by atoms with Crippen LogP contribution in [0, 0.1) is 5.92 Å². The highest BCUT2D eigenvalue weighted by atomic mass is 79.9. The van der Waals surface area contributed by atoms with Gasteiger partial charge in [0.1, 0.15) is 24.5 Å². The summed E-state index contributed by atoms with van der Waals surface area (Å²) in [6.07, 6.45) is 1.22. The number of alkyl halides is 1. The molecular formula is C21H29BrClN3O7. The standard InChI is InChI=1S/C21H29BrClN3O7/c1-5-7-8-31-21(30)24-16(11(3)4)19(28)32-14-9-15(33-17(14)13(23)6-2)26-10-12(22)18(27)25-20(26)29/h6,10-11,13-17H,2,5,7-9H2,1,3-4H3,(H,24,30)(H,25,27,29)/t13?,14-,15+,16-,17+/m0/s1. The van der Waals surface area contributed by atoms with Crippen LogP contribution in [0.1, 0.15) is 46.3 Å². The van der Waals surface area contributed by atoms with Crippen LogP contribution >= 0.6 is 27.5 Å². The second-order valence-electron chi connectivity index (χ2n) is 7.95. The number of ether oxygens (including phenoxy) is 3. The number of aromatic nitrogens is 2. The Morgan fingerprint density at radius 1 is 1.45 bits per heavy atom. The van der Waals surface area contributed by atoms with Crippen LogP contribution in [0.3, 0.4) is 0 Å². The molecule has 1 aromatic heterocycles. The summed E-state index contributed by atoms with van der Waals surface area (Å²) in [4.78, 5) is 51.1. The van der Waals surface area contributed by atoms with E-state index >= 15 is 0 Å². The first-order valence-electron chi connectivity index (χ1n) is 10.7. The van der Waals surface area contributed by atoms with Crippen LogP contribution in [-0.4, -0.2) is 51.8 Å². The number of amides is 1. The van der Waals surface area contributed by atoms with Crippen molar-refractivity contribution < 1.29 is 23.8 Å². The lowest BCUT2D eigenvalue weighted by molar-refractivity contribution is -0.155. The summed E-state index contributed by atoms with van der Waals surface area (Å²) in [7, 11) is 0. The van der Waals surface area contributed by atoms with Crippen LogP contribution in [0.4, 0.5) is 4.79 Å². The van der Waals surface area contributed by atoms with Gasteiger partial charge in [0.15, 0.2) is 0 Å². The molecule has 2 N–H and O–H groups in total. The van der Waals surface area contributed by atoms with E-state index in [0.717, 1.165) is 6.42 Å².